The number of hydrogen-bond acceptors (Lipinski definition) is 2. The molecule has 0 bridgehead atoms. The maximum atomic E-state index is 13.2. The lowest BCUT2D eigenvalue weighted by molar-refractivity contribution is -0.117. The van der Waals surface area contributed by atoms with Crippen LogP contribution in [0.3, 0.4) is 0 Å². The Morgan fingerprint density at radius 3 is 2.23 bits per heavy atom. The van der Waals surface area contributed by atoms with Gasteiger partial charge in [0, 0.05) is 24.2 Å². The average molecular weight is 352 g/mol. The number of anilines is 1. The quantitative estimate of drug-likeness (QED) is 0.911. The van der Waals surface area contributed by atoms with Gasteiger partial charge in [-0.25, -0.2) is 4.39 Å². The summed E-state index contributed by atoms with van der Waals surface area (Å²) >= 11 is 0. The fourth-order valence-corrected chi connectivity index (χ4v) is 3.79. The molecule has 26 heavy (non-hydrogen) atoms. The van der Waals surface area contributed by atoms with E-state index < -0.39 is 5.54 Å². The number of carbonyl (C=O) groups is 2. The van der Waals surface area contributed by atoms with Gasteiger partial charge in [-0.15, -0.1) is 0 Å². The Bertz CT molecular complexity index is 826. The first-order chi connectivity index (χ1) is 12.6. The Morgan fingerprint density at radius 1 is 1.00 bits per heavy atom. The molecule has 1 aliphatic heterocycles. The van der Waals surface area contributed by atoms with Gasteiger partial charge in [0.05, 0.1) is 5.54 Å². The van der Waals surface area contributed by atoms with Crippen molar-refractivity contribution in [3.8, 4) is 0 Å². The second-order valence-electron chi connectivity index (χ2n) is 7.09. The Labute approximate surface area is 152 Å². The van der Waals surface area contributed by atoms with Crippen LogP contribution in [0.4, 0.5) is 10.1 Å². The predicted molar refractivity (Wildman–Crippen MR) is 97.4 cm³/mol. The summed E-state index contributed by atoms with van der Waals surface area (Å²) in [6.45, 7) is 0.734. The van der Waals surface area contributed by atoms with Crippen molar-refractivity contribution >= 4 is 17.5 Å². The number of nitrogens with zero attached hydrogens (tertiary/aromatic N) is 1. The van der Waals surface area contributed by atoms with E-state index in [1.54, 1.807) is 29.2 Å². The van der Waals surface area contributed by atoms with Gasteiger partial charge >= 0.3 is 0 Å². The Kier molecular flexibility index (Phi) is 4.23. The van der Waals surface area contributed by atoms with Crippen LogP contribution in [0.15, 0.2) is 48.5 Å². The molecule has 1 saturated carbocycles. The van der Waals surface area contributed by atoms with Crippen LogP contribution in [0.25, 0.3) is 0 Å². The molecule has 4 nitrogen and oxygen atoms in total. The predicted octanol–water partition coefficient (Wildman–Crippen LogP) is 3.76. The van der Waals surface area contributed by atoms with Crippen molar-refractivity contribution in [2.75, 3.05) is 11.4 Å². The minimum Gasteiger partial charge on any atom is -0.343 e. The third kappa shape index (κ3) is 2.98. The fourth-order valence-electron chi connectivity index (χ4n) is 3.79. The molecule has 4 rings (SSSR count). The Hall–Kier alpha value is -2.69. The zero-order chi connectivity index (χ0) is 18.1. The second kappa shape index (κ2) is 6.56. The summed E-state index contributed by atoms with van der Waals surface area (Å²) < 4.78 is 13.2. The first-order valence-electron chi connectivity index (χ1n) is 9.06. The smallest absolute Gasteiger partial charge is 0.251 e. The Balaban J connectivity index is 1.50. The second-order valence-corrected chi connectivity index (χ2v) is 7.09. The molecule has 1 heterocycles. The van der Waals surface area contributed by atoms with Crippen LogP contribution in [0, 0.1) is 5.82 Å². The molecule has 0 aromatic heterocycles. The maximum absolute atomic E-state index is 13.2. The van der Waals surface area contributed by atoms with Crippen LogP contribution >= 0.6 is 0 Å². The minimum atomic E-state index is -0.408. The summed E-state index contributed by atoms with van der Waals surface area (Å²) in [5, 5.41) is 3.14. The molecular formula is C21H21FN2O2. The third-order valence-corrected chi connectivity index (χ3v) is 5.47. The molecule has 2 amide bonds. The van der Waals surface area contributed by atoms with Gasteiger partial charge in [-0.2, -0.15) is 0 Å². The fraction of sp³-hybridized carbons (Fsp3) is 0.333. The summed E-state index contributed by atoms with van der Waals surface area (Å²) in [7, 11) is 0. The van der Waals surface area contributed by atoms with E-state index in [4.69, 9.17) is 0 Å². The van der Waals surface area contributed by atoms with E-state index in [2.05, 4.69) is 5.32 Å². The minimum absolute atomic E-state index is 0.131. The summed E-state index contributed by atoms with van der Waals surface area (Å²) in [5.74, 6) is -0.290. The van der Waals surface area contributed by atoms with E-state index in [1.165, 1.54) is 12.1 Å². The average Bonchev–Trinajstić information content (AvgIpc) is 3.05. The molecule has 0 radical (unpaired) electrons. The number of halogens is 1. The highest BCUT2D eigenvalue weighted by Gasteiger charge is 2.40. The van der Waals surface area contributed by atoms with Crippen molar-refractivity contribution in [3.63, 3.8) is 0 Å². The summed E-state index contributed by atoms with van der Waals surface area (Å²) in [4.78, 5) is 26.3. The van der Waals surface area contributed by atoms with E-state index in [0.29, 0.717) is 12.0 Å². The van der Waals surface area contributed by atoms with Crippen LogP contribution in [-0.4, -0.2) is 18.4 Å². The van der Waals surface area contributed by atoms with Gasteiger partial charge in [0.25, 0.3) is 5.91 Å². The van der Waals surface area contributed by atoms with Crippen molar-refractivity contribution in [2.24, 2.45) is 0 Å². The number of amides is 2. The molecule has 0 unspecified atom stereocenters. The highest BCUT2D eigenvalue weighted by Crippen LogP contribution is 2.41. The molecule has 1 aliphatic carbocycles. The van der Waals surface area contributed by atoms with E-state index in [1.807, 2.05) is 12.1 Å². The first kappa shape index (κ1) is 16.8. The number of benzene rings is 2. The number of carbonyl (C=O) groups excluding carboxylic acids is 2. The normalized spacial score (nSPS) is 18.5. The third-order valence-electron chi connectivity index (χ3n) is 5.47. The molecule has 0 spiro atoms. The SMILES string of the molecule is O=C(NC1(c2ccc(F)cc2)CCC1)c1ccc(N2CCCC2=O)cc1. The van der Waals surface area contributed by atoms with Crippen molar-refractivity contribution in [1.29, 1.82) is 0 Å². The van der Waals surface area contributed by atoms with Crippen LogP contribution in [0.1, 0.15) is 48.0 Å². The molecule has 2 aromatic rings. The van der Waals surface area contributed by atoms with Gasteiger partial charge in [0.2, 0.25) is 5.91 Å². The molecule has 2 fully saturated rings. The molecule has 1 saturated heterocycles. The Morgan fingerprint density at radius 2 is 1.69 bits per heavy atom. The van der Waals surface area contributed by atoms with Crippen molar-refractivity contribution in [1.82, 2.24) is 5.32 Å². The number of hydrogen-bond donors (Lipinski definition) is 1. The summed E-state index contributed by atoms with van der Waals surface area (Å²) in [6, 6.07) is 13.5. The van der Waals surface area contributed by atoms with Crippen LogP contribution in [0.5, 0.6) is 0 Å². The van der Waals surface area contributed by atoms with E-state index >= 15 is 0 Å². The topological polar surface area (TPSA) is 49.4 Å². The highest BCUT2D eigenvalue weighted by atomic mass is 19.1. The zero-order valence-electron chi connectivity index (χ0n) is 14.5. The largest absolute Gasteiger partial charge is 0.343 e. The molecule has 5 heteroatoms. The number of nitrogens with one attached hydrogen (secondary N) is 1. The standard InChI is InChI=1S/C21H21FN2O2/c22-17-8-6-16(7-9-17)21(12-2-13-21)23-20(26)15-4-10-18(11-5-15)24-14-1-3-19(24)25/h4-11H,1-3,12-14H2,(H,23,26). The van der Waals surface area contributed by atoms with Crippen LogP contribution in [-0.2, 0) is 10.3 Å². The van der Waals surface area contributed by atoms with E-state index in [9.17, 15) is 14.0 Å². The van der Waals surface area contributed by atoms with Gasteiger partial charge in [-0.05, 0) is 67.6 Å². The molecule has 2 aromatic carbocycles. The molecule has 134 valence electrons. The van der Waals surface area contributed by atoms with E-state index in [-0.39, 0.29) is 17.6 Å². The molecule has 0 atom stereocenters. The molecule has 1 N–H and O–H groups in total. The highest BCUT2D eigenvalue weighted by molar-refractivity contribution is 5.97. The summed E-state index contributed by atoms with van der Waals surface area (Å²) in [6.07, 6.45) is 4.20. The van der Waals surface area contributed by atoms with Gasteiger partial charge < -0.3 is 10.2 Å². The van der Waals surface area contributed by atoms with Gasteiger partial charge in [-0.3, -0.25) is 9.59 Å². The first-order valence-corrected chi connectivity index (χ1v) is 9.06. The monoisotopic (exact) mass is 352 g/mol. The molecule has 2 aliphatic rings. The maximum Gasteiger partial charge on any atom is 0.251 e. The van der Waals surface area contributed by atoms with Crippen molar-refractivity contribution in [2.45, 2.75) is 37.6 Å². The van der Waals surface area contributed by atoms with Gasteiger partial charge in [0.15, 0.2) is 0 Å². The van der Waals surface area contributed by atoms with Crippen molar-refractivity contribution in [3.05, 3.63) is 65.5 Å². The van der Waals surface area contributed by atoms with Crippen LogP contribution < -0.4 is 10.2 Å². The number of rotatable bonds is 4. The van der Waals surface area contributed by atoms with Crippen LogP contribution in [0.2, 0.25) is 0 Å². The zero-order valence-corrected chi connectivity index (χ0v) is 14.5. The lowest BCUT2D eigenvalue weighted by Crippen LogP contribution is -2.50. The lowest BCUT2D eigenvalue weighted by Gasteiger charge is -2.43. The van der Waals surface area contributed by atoms with Gasteiger partial charge in [0.1, 0.15) is 5.82 Å². The van der Waals surface area contributed by atoms with E-state index in [0.717, 1.165) is 43.5 Å². The molecular weight excluding hydrogens is 331 g/mol. The lowest BCUT2D eigenvalue weighted by atomic mass is 9.71. The van der Waals surface area contributed by atoms with Crippen molar-refractivity contribution < 1.29 is 14.0 Å². The summed E-state index contributed by atoms with van der Waals surface area (Å²) in [5.41, 5.74) is 1.93. The van der Waals surface area contributed by atoms with Gasteiger partial charge in [-0.1, -0.05) is 12.1 Å².